The number of rotatable bonds is 4. The van der Waals surface area contributed by atoms with E-state index >= 15 is 0 Å². The van der Waals surface area contributed by atoms with Gasteiger partial charge in [0.2, 0.25) is 0 Å². The topological polar surface area (TPSA) is 37.9 Å². The van der Waals surface area contributed by atoms with Crippen LogP contribution in [0.25, 0.3) is 0 Å². The molecule has 1 N–H and O–H groups in total. The Hall–Kier alpha value is -0.830. The van der Waals surface area contributed by atoms with Gasteiger partial charge in [-0.3, -0.25) is 5.10 Å². The van der Waals surface area contributed by atoms with E-state index in [0.29, 0.717) is 0 Å². The fourth-order valence-electron chi connectivity index (χ4n) is 0.750. The van der Waals surface area contributed by atoms with E-state index < -0.39 is 0 Å². The number of hydrogen-bond donors (Lipinski definition) is 1. The predicted octanol–water partition coefficient (Wildman–Crippen LogP) is 0.989. The summed E-state index contributed by atoms with van der Waals surface area (Å²) in [6, 6.07) is 1.96. The molecule has 0 unspecified atom stereocenters. The van der Waals surface area contributed by atoms with Crippen molar-refractivity contribution in [1.29, 1.82) is 0 Å². The van der Waals surface area contributed by atoms with Gasteiger partial charge in [-0.25, -0.2) is 0 Å². The maximum absolute atomic E-state index is 5.16. The molecule has 1 heterocycles. The molecule has 1 aromatic rings. The Labute approximate surface area is 60.4 Å². The Balaban J connectivity index is 2.15. The van der Waals surface area contributed by atoms with Gasteiger partial charge in [-0.05, 0) is 13.0 Å². The second kappa shape index (κ2) is 4.06. The second-order valence-corrected chi connectivity index (χ2v) is 2.03. The molecule has 3 heteroatoms. The summed E-state index contributed by atoms with van der Waals surface area (Å²) in [7, 11) is 0. The molecule has 0 saturated heterocycles. The summed E-state index contributed by atoms with van der Waals surface area (Å²) >= 11 is 0. The average Bonchev–Trinajstić information content (AvgIpc) is 2.41. The van der Waals surface area contributed by atoms with Gasteiger partial charge in [0.15, 0.2) is 0 Å². The summed E-state index contributed by atoms with van der Waals surface area (Å²) in [5.41, 5.74) is 1.13. The monoisotopic (exact) mass is 140 g/mol. The summed E-state index contributed by atoms with van der Waals surface area (Å²) in [6.07, 6.45) is 2.68. The zero-order valence-corrected chi connectivity index (χ0v) is 6.13. The molecule has 0 aliphatic carbocycles. The van der Waals surface area contributed by atoms with Gasteiger partial charge in [0.05, 0.1) is 6.61 Å². The van der Waals surface area contributed by atoms with E-state index in [1.54, 1.807) is 6.20 Å². The Kier molecular flexibility index (Phi) is 2.96. The molecule has 0 aliphatic rings. The second-order valence-electron chi connectivity index (χ2n) is 2.03. The Morgan fingerprint density at radius 2 is 2.60 bits per heavy atom. The fourth-order valence-corrected chi connectivity index (χ4v) is 0.750. The fraction of sp³-hybridized carbons (Fsp3) is 0.571. The third-order valence-electron chi connectivity index (χ3n) is 1.28. The van der Waals surface area contributed by atoms with E-state index in [-0.39, 0.29) is 0 Å². The van der Waals surface area contributed by atoms with Gasteiger partial charge in [0, 0.05) is 24.9 Å². The first-order chi connectivity index (χ1) is 4.93. The average molecular weight is 140 g/mol. The highest BCUT2D eigenvalue weighted by atomic mass is 16.5. The van der Waals surface area contributed by atoms with Crippen LogP contribution in [0.4, 0.5) is 0 Å². The summed E-state index contributed by atoms with van der Waals surface area (Å²) in [4.78, 5) is 0. The predicted molar refractivity (Wildman–Crippen MR) is 38.8 cm³/mol. The van der Waals surface area contributed by atoms with Crippen molar-refractivity contribution in [3.63, 3.8) is 0 Å². The highest BCUT2D eigenvalue weighted by molar-refractivity contribution is 4.96. The van der Waals surface area contributed by atoms with Crippen molar-refractivity contribution in [2.24, 2.45) is 0 Å². The standard InChI is InChI=1S/C7H12N2O/c1-2-10-6-4-7-3-5-8-9-7/h3,5H,2,4,6H2,1H3,(H,8,9). The van der Waals surface area contributed by atoms with Crippen LogP contribution in [0.15, 0.2) is 12.3 Å². The van der Waals surface area contributed by atoms with E-state index in [9.17, 15) is 0 Å². The SMILES string of the molecule is CCOCCc1ccn[nH]1. The van der Waals surface area contributed by atoms with Crippen LogP contribution in [0, 0.1) is 0 Å². The number of H-pyrrole nitrogens is 1. The van der Waals surface area contributed by atoms with Crippen LogP contribution in [0.3, 0.4) is 0 Å². The minimum Gasteiger partial charge on any atom is -0.381 e. The molecule has 0 bridgehead atoms. The zero-order valence-electron chi connectivity index (χ0n) is 6.13. The molecule has 56 valence electrons. The van der Waals surface area contributed by atoms with Gasteiger partial charge in [-0.1, -0.05) is 0 Å². The van der Waals surface area contributed by atoms with Crippen LogP contribution >= 0.6 is 0 Å². The lowest BCUT2D eigenvalue weighted by atomic mass is 10.3. The van der Waals surface area contributed by atoms with Crippen molar-refractivity contribution >= 4 is 0 Å². The summed E-state index contributed by atoms with van der Waals surface area (Å²) in [5.74, 6) is 0. The van der Waals surface area contributed by atoms with E-state index in [1.807, 2.05) is 13.0 Å². The first-order valence-corrected chi connectivity index (χ1v) is 3.49. The molecule has 0 aliphatic heterocycles. The minimum atomic E-state index is 0.776. The molecule has 0 amide bonds. The van der Waals surface area contributed by atoms with Gasteiger partial charge < -0.3 is 4.74 Å². The molecule has 0 atom stereocenters. The normalized spacial score (nSPS) is 10.1. The first-order valence-electron chi connectivity index (χ1n) is 3.49. The Bertz CT molecular complexity index is 160. The largest absolute Gasteiger partial charge is 0.381 e. The maximum atomic E-state index is 5.16. The van der Waals surface area contributed by atoms with Crippen molar-refractivity contribution in [1.82, 2.24) is 10.2 Å². The highest BCUT2D eigenvalue weighted by Crippen LogP contribution is 1.92. The van der Waals surface area contributed by atoms with Crippen molar-refractivity contribution in [3.8, 4) is 0 Å². The van der Waals surface area contributed by atoms with Gasteiger partial charge >= 0.3 is 0 Å². The lowest BCUT2D eigenvalue weighted by molar-refractivity contribution is 0.150. The van der Waals surface area contributed by atoms with Crippen LogP contribution in [-0.4, -0.2) is 23.4 Å². The van der Waals surface area contributed by atoms with Crippen LogP contribution < -0.4 is 0 Å². The quantitative estimate of drug-likeness (QED) is 0.633. The van der Waals surface area contributed by atoms with Crippen molar-refractivity contribution in [2.75, 3.05) is 13.2 Å². The number of aromatic amines is 1. The smallest absolute Gasteiger partial charge is 0.0521 e. The van der Waals surface area contributed by atoms with Crippen molar-refractivity contribution < 1.29 is 4.74 Å². The van der Waals surface area contributed by atoms with Crippen LogP contribution in [0.2, 0.25) is 0 Å². The maximum Gasteiger partial charge on any atom is 0.0521 e. The number of ether oxygens (including phenoxy) is 1. The number of nitrogens with zero attached hydrogens (tertiary/aromatic N) is 1. The van der Waals surface area contributed by atoms with Crippen LogP contribution in [0.1, 0.15) is 12.6 Å². The third kappa shape index (κ3) is 2.19. The number of aromatic nitrogens is 2. The van der Waals surface area contributed by atoms with Gasteiger partial charge in [0.1, 0.15) is 0 Å². The molecule has 0 radical (unpaired) electrons. The lowest BCUT2D eigenvalue weighted by Gasteiger charge is -1.96. The molecule has 10 heavy (non-hydrogen) atoms. The summed E-state index contributed by atoms with van der Waals surface area (Å²) in [6.45, 7) is 3.56. The molecule has 0 saturated carbocycles. The van der Waals surface area contributed by atoms with E-state index in [2.05, 4.69) is 10.2 Å². The van der Waals surface area contributed by atoms with Crippen molar-refractivity contribution in [2.45, 2.75) is 13.3 Å². The molecular weight excluding hydrogens is 128 g/mol. The molecule has 3 nitrogen and oxygen atoms in total. The first kappa shape index (κ1) is 7.28. The van der Waals surface area contributed by atoms with Gasteiger partial charge in [-0.2, -0.15) is 5.10 Å². The van der Waals surface area contributed by atoms with Gasteiger partial charge in [0.25, 0.3) is 0 Å². The van der Waals surface area contributed by atoms with Crippen LogP contribution in [-0.2, 0) is 11.2 Å². The summed E-state index contributed by atoms with van der Waals surface area (Å²) < 4.78 is 5.16. The van der Waals surface area contributed by atoms with E-state index in [1.165, 1.54) is 0 Å². The van der Waals surface area contributed by atoms with E-state index in [0.717, 1.165) is 25.3 Å². The van der Waals surface area contributed by atoms with E-state index in [4.69, 9.17) is 4.74 Å². The third-order valence-corrected chi connectivity index (χ3v) is 1.28. The van der Waals surface area contributed by atoms with Crippen molar-refractivity contribution in [3.05, 3.63) is 18.0 Å². The Morgan fingerprint density at radius 1 is 1.70 bits per heavy atom. The summed E-state index contributed by atoms with van der Waals surface area (Å²) in [5, 5.41) is 6.69. The lowest BCUT2D eigenvalue weighted by Crippen LogP contribution is -1.97. The molecular formula is C7H12N2O. The highest BCUT2D eigenvalue weighted by Gasteiger charge is 1.91. The van der Waals surface area contributed by atoms with Crippen LogP contribution in [0.5, 0.6) is 0 Å². The Morgan fingerprint density at radius 3 is 3.20 bits per heavy atom. The number of nitrogens with one attached hydrogen (secondary N) is 1. The molecule has 1 aromatic heterocycles. The molecule has 0 aromatic carbocycles. The molecule has 0 fully saturated rings. The number of hydrogen-bond acceptors (Lipinski definition) is 2. The minimum absolute atomic E-state index is 0.776. The molecule has 0 spiro atoms. The van der Waals surface area contributed by atoms with Gasteiger partial charge in [-0.15, -0.1) is 0 Å². The molecule has 1 rings (SSSR count). The zero-order chi connectivity index (χ0) is 7.23.